The van der Waals surface area contributed by atoms with Crippen LogP contribution in [0.2, 0.25) is 0 Å². The first-order chi connectivity index (χ1) is 13.9. The standard InChI is InChI=1S/C23H28N2O4/c1-15-9-16(2)11-17(10-15)23(27)24-13-22(26)25(19-5-6-19)14-18-12-20(28-3)7-8-21(18)29-4/h7-12,19H,5-6,13-14H2,1-4H3,(H,24,27). The molecule has 1 aliphatic carbocycles. The third kappa shape index (κ3) is 5.28. The largest absolute Gasteiger partial charge is 0.497 e. The lowest BCUT2D eigenvalue weighted by atomic mass is 10.1. The van der Waals surface area contributed by atoms with Crippen LogP contribution >= 0.6 is 0 Å². The van der Waals surface area contributed by atoms with Gasteiger partial charge in [-0.1, -0.05) is 17.2 Å². The van der Waals surface area contributed by atoms with Crippen LogP contribution in [0, 0.1) is 13.8 Å². The zero-order chi connectivity index (χ0) is 21.0. The Morgan fingerprint density at radius 1 is 1.03 bits per heavy atom. The Morgan fingerprint density at radius 3 is 2.31 bits per heavy atom. The molecule has 3 rings (SSSR count). The number of benzene rings is 2. The molecule has 0 heterocycles. The van der Waals surface area contributed by atoms with Crippen LogP contribution < -0.4 is 14.8 Å². The fourth-order valence-electron chi connectivity index (χ4n) is 3.46. The average Bonchev–Trinajstić information content (AvgIpc) is 3.54. The van der Waals surface area contributed by atoms with E-state index < -0.39 is 0 Å². The third-order valence-corrected chi connectivity index (χ3v) is 5.02. The van der Waals surface area contributed by atoms with Crippen LogP contribution in [0.15, 0.2) is 36.4 Å². The van der Waals surface area contributed by atoms with Crippen LogP contribution in [0.25, 0.3) is 0 Å². The molecule has 1 aliphatic rings. The summed E-state index contributed by atoms with van der Waals surface area (Å²) in [5.41, 5.74) is 3.49. The monoisotopic (exact) mass is 396 g/mol. The molecule has 0 unspecified atom stereocenters. The molecule has 0 atom stereocenters. The van der Waals surface area contributed by atoms with Crippen molar-refractivity contribution >= 4 is 11.8 Å². The molecule has 0 saturated heterocycles. The molecule has 0 bridgehead atoms. The zero-order valence-corrected chi connectivity index (χ0v) is 17.5. The molecule has 6 nitrogen and oxygen atoms in total. The molecule has 6 heteroatoms. The van der Waals surface area contributed by atoms with Gasteiger partial charge in [-0.2, -0.15) is 0 Å². The molecule has 1 saturated carbocycles. The van der Waals surface area contributed by atoms with Gasteiger partial charge in [0.25, 0.3) is 5.91 Å². The minimum atomic E-state index is -0.236. The maximum atomic E-state index is 12.9. The van der Waals surface area contributed by atoms with Gasteiger partial charge in [0.15, 0.2) is 0 Å². The summed E-state index contributed by atoms with van der Waals surface area (Å²) in [5, 5.41) is 2.77. The molecule has 1 N–H and O–H groups in total. The number of nitrogens with zero attached hydrogens (tertiary/aromatic N) is 1. The van der Waals surface area contributed by atoms with Gasteiger partial charge < -0.3 is 19.7 Å². The van der Waals surface area contributed by atoms with Crippen molar-refractivity contribution in [2.75, 3.05) is 20.8 Å². The Kier molecular flexibility index (Phi) is 6.42. The van der Waals surface area contributed by atoms with Gasteiger partial charge in [0, 0.05) is 23.7 Å². The van der Waals surface area contributed by atoms with Gasteiger partial charge in [-0.25, -0.2) is 0 Å². The van der Waals surface area contributed by atoms with E-state index in [1.165, 1.54) is 0 Å². The predicted octanol–water partition coefficient (Wildman–Crippen LogP) is 3.24. The molecule has 154 valence electrons. The van der Waals surface area contributed by atoms with E-state index in [1.54, 1.807) is 14.2 Å². The highest BCUT2D eigenvalue weighted by molar-refractivity contribution is 5.96. The van der Waals surface area contributed by atoms with Gasteiger partial charge in [-0.15, -0.1) is 0 Å². The highest BCUT2D eigenvalue weighted by Crippen LogP contribution is 2.32. The van der Waals surface area contributed by atoms with Crippen LogP contribution in [0.3, 0.4) is 0 Å². The minimum absolute atomic E-state index is 0.0331. The number of carbonyl (C=O) groups excluding carboxylic acids is 2. The van der Waals surface area contributed by atoms with Crippen LogP contribution in [0.4, 0.5) is 0 Å². The summed E-state index contributed by atoms with van der Waals surface area (Å²) in [4.78, 5) is 27.2. The maximum absolute atomic E-state index is 12.9. The van der Waals surface area contributed by atoms with Crippen molar-refractivity contribution in [3.05, 3.63) is 58.7 Å². The van der Waals surface area contributed by atoms with E-state index in [0.29, 0.717) is 23.6 Å². The predicted molar refractivity (Wildman–Crippen MR) is 111 cm³/mol. The summed E-state index contributed by atoms with van der Waals surface area (Å²) in [6.07, 6.45) is 1.95. The van der Waals surface area contributed by atoms with Gasteiger partial charge in [0.1, 0.15) is 11.5 Å². The molecule has 0 spiro atoms. The van der Waals surface area contributed by atoms with Crippen LogP contribution in [-0.4, -0.2) is 43.5 Å². The second-order valence-electron chi connectivity index (χ2n) is 7.49. The SMILES string of the molecule is COc1ccc(OC)c(CN(C(=O)CNC(=O)c2cc(C)cc(C)c2)C2CC2)c1. The van der Waals surface area contributed by atoms with Gasteiger partial charge in [0.2, 0.25) is 5.91 Å². The summed E-state index contributed by atoms with van der Waals surface area (Å²) in [7, 11) is 3.22. The molecular formula is C23H28N2O4. The minimum Gasteiger partial charge on any atom is -0.497 e. The topological polar surface area (TPSA) is 67.9 Å². The lowest BCUT2D eigenvalue weighted by molar-refractivity contribution is -0.131. The Hall–Kier alpha value is -3.02. The van der Waals surface area contributed by atoms with E-state index in [1.807, 2.05) is 55.1 Å². The zero-order valence-electron chi connectivity index (χ0n) is 17.5. The average molecular weight is 396 g/mol. The van der Waals surface area contributed by atoms with E-state index >= 15 is 0 Å². The number of rotatable bonds is 8. The van der Waals surface area contributed by atoms with Crippen molar-refractivity contribution in [2.24, 2.45) is 0 Å². The molecule has 0 radical (unpaired) electrons. The van der Waals surface area contributed by atoms with Gasteiger partial charge in [0.05, 0.1) is 20.8 Å². The van der Waals surface area contributed by atoms with E-state index in [4.69, 9.17) is 9.47 Å². The van der Waals surface area contributed by atoms with Crippen molar-refractivity contribution < 1.29 is 19.1 Å². The van der Waals surface area contributed by atoms with Gasteiger partial charge in [-0.05, 0) is 57.0 Å². The van der Waals surface area contributed by atoms with Crippen molar-refractivity contribution in [2.45, 2.75) is 39.3 Å². The lowest BCUT2D eigenvalue weighted by Crippen LogP contribution is -2.41. The van der Waals surface area contributed by atoms with Crippen LogP contribution in [0.1, 0.15) is 39.9 Å². The first kappa shape index (κ1) is 20.7. The summed E-state index contributed by atoms with van der Waals surface area (Å²) in [5.74, 6) is 1.09. The maximum Gasteiger partial charge on any atom is 0.251 e. The molecule has 0 aromatic heterocycles. The fraction of sp³-hybridized carbons (Fsp3) is 0.391. The summed E-state index contributed by atoms with van der Waals surface area (Å²) < 4.78 is 10.7. The molecule has 0 aliphatic heterocycles. The number of amides is 2. The summed E-state index contributed by atoms with van der Waals surface area (Å²) >= 11 is 0. The number of ether oxygens (including phenoxy) is 2. The van der Waals surface area contributed by atoms with Crippen molar-refractivity contribution in [3.63, 3.8) is 0 Å². The molecule has 1 fully saturated rings. The quantitative estimate of drug-likeness (QED) is 0.744. The second-order valence-corrected chi connectivity index (χ2v) is 7.49. The van der Waals surface area contributed by atoms with Crippen molar-refractivity contribution in [3.8, 4) is 11.5 Å². The van der Waals surface area contributed by atoms with Gasteiger partial charge >= 0.3 is 0 Å². The Morgan fingerprint density at radius 2 is 1.72 bits per heavy atom. The van der Waals surface area contributed by atoms with Crippen LogP contribution in [-0.2, 0) is 11.3 Å². The Balaban J connectivity index is 1.68. The van der Waals surface area contributed by atoms with Crippen molar-refractivity contribution in [1.29, 1.82) is 0 Å². The summed E-state index contributed by atoms with van der Waals surface area (Å²) in [6.45, 7) is 4.29. The number of aryl methyl sites for hydroxylation is 2. The van der Waals surface area contributed by atoms with E-state index in [-0.39, 0.29) is 24.4 Å². The molecule has 29 heavy (non-hydrogen) atoms. The highest BCUT2D eigenvalue weighted by atomic mass is 16.5. The van der Waals surface area contributed by atoms with Gasteiger partial charge in [-0.3, -0.25) is 9.59 Å². The van der Waals surface area contributed by atoms with Crippen molar-refractivity contribution in [1.82, 2.24) is 10.2 Å². The lowest BCUT2D eigenvalue weighted by Gasteiger charge is -2.24. The number of nitrogens with one attached hydrogen (secondary N) is 1. The number of carbonyl (C=O) groups is 2. The number of hydrogen-bond donors (Lipinski definition) is 1. The number of hydrogen-bond acceptors (Lipinski definition) is 4. The van der Waals surface area contributed by atoms with Crippen LogP contribution in [0.5, 0.6) is 11.5 Å². The smallest absolute Gasteiger partial charge is 0.251 e. The normalized spacial score (nSPS) is 13.0. The molecule has 2 amide bonds. The molecule has 2 aromatic rings. The first-order valence-corrected chi connectivity index (χ1v) is 9.78. The molecule has 2 aromatic carbocycles. The fourth-order valence-corrected chi connectivity index (χ4v) is 3.46. The first-order valence-electron chi connectivity index (χ1n) is 9.78. The Labute approximate surface area is 171 Å². The van der Waals surface area contributed by atoms with E-state index in [0.717, 1.165) is 29.5 Å². The Bertz CT molecular complexity index is 885. The highest BCUT2D eigenvalue weighted by Gasteiger charge is 2.33. The third-order valence-electron chi connectivity index (χ3n) is 5.02. The van der Waals surface area contributed by atoms with E-state index in [9.17, 15) is 9.59 Å². The number of methoxy groups -OCH3 is 2. The van der Waals surface area contributed by atoms with E-state index in [2.05, 4.69) is 5.32 Å². The molecular weight excluding hydrogens is 368 g/mol. The summed E-state index contributed by atoms with van der Waals surface area (Å²) in [6, 6.07) is 11.4. The second kappa shape index (κ2) is 8.99.